The Morgan fingerprint density at radius 1 is 0.943 bits per heavy atom. The van der Waals surface area contributed by atoms with Gasteiger partial charge in [-0.1, -0.05) is 41.5 Å². The maximum absolute atomic E-state index is 12.0. The molecule has 1 fully saturated rings. The normalized spacial score (nSPS) is 13.3. The summed E-state index contributed by atoms with van der Waals surface area (Å²) in [5.41, 5.74) is 3.01. The molecule has 0 saturated heterocycles. The number of H-pyrrole nitrogens is 1. The van der Waals surface area contributed by atoms with Crippen LogP contribution in [0, 0.1) is 0 Å². The molecule has 1 N–H and O–H groups in total. The Labute approximate surface area is 199 Å². The van der Waals surface area contributed by atoms with Gasteiger partial charge in [0, 0.05) is 42.3 Å². The van der Waals surface area contributed by atoms with Gasteiger partial charge in [-0.3, -0.25) is 14.7 Å². The highest BCUT2D eigenvalue weighted by Gasteiger charge is 2.29. The Bertz CT molecular complexity index is 1620. The zero-order valence-corrected chi connectivity index (χ0v) is 19.1. The van der Waals surface area contributed by atoms with Crippen molar-refractivity contribution in [2.45, 2.75) is 32.6 Å². The molecule has 0 amide bonds. The van der Waals surface area contributed by atoms with E-state index in [-0.39, 0.29) is 6.01 Å². The number of benzene rings is 3. The molecule has 0 atom stereocenters. The Balaban J connectivity index is 1.65. The van der Waals surface area contributed by atoms with E-state index < -0.39 is 11.9 Å². The Morgan fingerprint density at radius 2 is 1.71 bits per heavy atom. The van der Waals surface area contributed by atoms with Crippen LogP contribution < -0.4 is 9.47 Å². The first-order valence-corrected chi connectivity index (χ1v) is 11.3. The van der Waals surface area contributed by atoms with E-state index >= 15 is 0 Å². The van der Waals surface area contributed by atoms with Gasteiger partial charge in [0.1, 0.15) is 5.75 Å². The minimum Gasteiger partial charge on any atom is -0.426 e. The predicted molar refractivity (Wildman–Crippen MR) is 129 cm³/mol. The molecule has 1 saturated carbocycles. The summed E-state index contributed by atoms with van der Waals surface area (Å²) in [5, 5.41) is 19.0. The van der Waals surface area contributed by atoms with Crippen molar-refractivity contribution in [1.29, 1.82) is 0 Å². The van der Waals surface area contributed by atoms with Gasteiger partial charge >= 0.3 is 17.9 Å². The lowest BCUT2D eigenvalue weighted by atomic mass is 10.1. The summed E-state index contributed by atoms with van der Waals surface area (Å²) in [5.74, 6) is 0.104. The molecule has 0 radical (unpaired) electrons. The van der Waals surface area contributed by atoms with Crippen LogP contribution >= 0.6 is 0 Å². The van der Waals surface area contributed by atoms with Gasteiger partial charge in [0.25, 0.3) is 0 Å². The standard InChI is InChI=1S/C26H21N5O4/c1-14(32)34-23-13-21-19(24(28-27-21)17-10-11-17)12-20(23)25-29-30-26(35-15(2)33)31(25)22-9-5-7-16-6-3-4-8-18(16)22/h3-9,12-13,17H,10-11H2,1-2H3,(H,27,28). The third kappa shape index (κ3) is 3.71. The summed E-state index contributed by atoms with van der Waals surface area (Å²) < 4.78 is 12.7. The SMILES string of the molecule is CC(=O)Oc1cc2n[nH]c(C3CC3)c2cc1-c1nnc(OC(C)=O)n1-c1cccc2ccccc12. The van der Waals surface area contributed by atoms with Crippen molar-refractivity contribution in [1.82, 2.24) is 25.0 Å². The zero-order chi connectivity index (χ0) is 24.1. The molecule has 9 nitrogen and oxygen atoms in total. The number of nitrogens with zero attached hydrogens (tertiary/aromatic N) is 4. The lowest BCUT2D eigenvalue weighted by Crippen LogP contribution is -2.09. The summed E-state index contributed by atoms with van der Waals surface area (Å²) in [6.45, 7) is 2.65. The molecule has 5 aromatic rings. The Hall–Kier alpha value is -4.53. The van der Waals surface area contributed by atoms with Crippen molar-refractivity contribution in [2.24, 2.45) is 0 Å². The van der Waals surface area contributed by atoms with E-state index in [4.69, 9.17) is 9.47 Å². The van der Waals surface area contributed by atoms with E-state index in [0.717, 1.165) is 40.4 Å². The van der Waals surface area contributed by atoms with Gasteiger partial charge in [-0.15, -0.1) is 5.10 Å². The molecule has 6 rings (SSSR count). The fourth-order valence-corrected chi connectivity index (χ4v) is 4.41. The van der Waals surface area contributed by atoms with Gasteiger partial charge in [0.15, 0.2) is 5.82 Å². The van der Waals surface area contributed by atoms with E-state index in [2.05, 4.69) is 20.4 Å². The summed E-state index contributed by atoms with van der Waals surface area (Å²) in [4.78, 5) is 23.9. The van der Waals surface area contributed by atoms with Gasteiger partial charge in [-0.2, -0.15) is 5.10 Å². The third-order valence-corrected chi connectivity index (χ3v) is 6.04. The summed E-state index contributed by atoms with van der Waals surface area (Å²) in [7, 11) is 0. The monoisotopic (exact) mass is 467 g/mol. The molecule has 1 aliphatic carbocycles. The fraction of sp³-hybridized carbons (Fsp3) is 0.192. The molecule has 174 valence electrons. The second kappa shape index (κ2) is 8.05. The van der Waals surface area contributed by atoms with E-state index in [0.29, 0.717) is 28.6 Å². The smallest absolute Gasteiger partial charge is 0.329 e. The largest absolute Gasteiger partial charge is 0.426 e. The highest BCUT2D eigenvalue weighted by Crippen LogP contribution is 2.44. The minimum atomic E-state index is -0.521. The number of fused-ring (bicyclic) bond motifs is 2. The van der Waals surface area contributed by atoms with E-state index in [9.17, 15) is 9.59 Å². The van der Waals surface area contributed by atoms with Crippen molar-refractivity contribution >= 4 is 33.6 Å². The quantitative estimate of drug-likeness (QED) is 0.295. The molecule has 9 heteroatoms. The van der Waals surface area contributed by atoms with Crippen LogP contribution in [-0.2, 0) is 9.59 Å². The van der Waals surface area contributed by atoms with E-state index in [1.54, 1.807) is 10.6 Å². The van der Waals surface area contributed by atoms with E-state index in [1.807, 2.05) is 48.5 Å². The number of carbonyl (C=O) groups excluding carboxylic acids is 2. The van der Waals surface area contributed by atoms with Crippen LogP contribution in [0.2, 0.25) is 0 Å². The van der Waals surface area contributed by atoms with Crippen LogP contribution in [0.25, 0.3) is 38.8 Å². The molecule has 35 heavy (non-hydrogen) atoms. The van der Waals surface area contributed by atoms with Gasteiger partial charge in [-0.25, -0.2) is 4.57 Å². The van der Waals surface area contributed by atoms with Crippen molar-refractivity contribution < 1.29 is 19.1 Å². The van der Waals surface area contributed by atoms with Gasteiger partial charge in [0.2, 0.25) is 0 Å². The van der Waals surface area contributed by atoms with Crippen molar-refractivity contribution in [3.8, 4) is 28.8 Å². The molecule has 0 spiro atoms. The summed E-state index contributed by atoms with van der Waals surface area (Å²) in [6.07, 6.45) is 2.20. The minimum absolute atomic E-state index is 0.0207. The van der Waals surface area contributed by atoms with Crippen LogP contribution in [0.15, 0.2) is 54.6 Å². The van der Waals surface area contributed by atoms with Gasteiger partial charge in [0.05, 0.1) is 16.8 Å². The number of hydrogen-bond acceptors (Lipinski definition) is 7. The molecular weight excluding hydrogens is 446 g/mol. The van der Waals surface area contributed by atoms with Crippen molar-refractivity contribution in [3.05, 3.63) is 60.3 Å². The van der Waals surface area contributed by atoms with Crippen LogP contribution in [0.1, 0.15) is 38.3 Å². The first kappa shape index (κ1) is 21.0. The second-order valence-electron chi connectivity index (χ2n) is 8.60. The average Bonchev–Trinajstić information content (AvgIpc) is 3.47. The fourth-order valence-electron chi connectivity index (χ4n) is 4.41. The molecule has 3 aromatic carbocycles. The lowest BCUT2D eigenvalue weighted by molar-refractivity contribution is -0.133. The predicted octanol–water partition coefficient (Wildman–Crippen LogP) is 4.69. The molecule has 1 aliphatic rings. The molecule has 2 aromatic heterocycles. The topological polar surface area (TPSA) is 112 Å². The Morgan fingerprint density at radius 3 is 2.49 bits per heavy atom. The molecule has 0 bridgehead atoms. The zero-order valence-electron chi connectivity index (χ0n) is 19.1. The first-order valence-electron chi connectivity index (χ1n) is 11.3. The summed E-state index contributed by atoms with van der Waals surface area (Å²) >= 11 is 0. The van der Waals surface area contributed by atoms with E-state index in [1.165, 1.54) is 13.8 Å². The van der Waals surface area contributed by atoms with Crippen LogP contribution in [0.4, 0.5) is 0 Å². The number of esters is 2. The number of aromatic amines is 1. The van der Waals surface area contributed by atoms with Gasteiger partial charge < -0.3 is 9.47 Å². The lowest BCUT2D eigenvalue weighted by Gasteiger charge is -2.14. The maximum atomic E-state index is 12.0. The first-order chi connectivity index (χ1) is 17.0. The van der Waals surface area contributed by atoms with Crippen molar-refractivity contribution in [2.75, 3.05) is 0 Å². The number of ether oxygens (including phenoxy) is 2. The van der Waals surface area contributed by atoms with Crippen molar-refractivity contribution in [3.63, 3.8) is 0 Å². The number of aromatic nitrogens is 5. The third-order valence-electron chi connectivity index (χ3n) is 6.04. The average molecular weight is 467 g/mol. The number of nitrogens with one attached hydrogen (secondary N) is 1. The molecule has 0 unspecified atom stereocenters. The summed E-state index contributed by atoms with van der Waals surface area (Å²) in [6, 6.07) is 17.3. The highest BCUT2D eigenvalue weighted by molar-refractivity contribution is 5.93. The molecular formula is C26H21N5O4. The second-order valence-corrected chi connectivity index (χ2v) is 8.60. The number of hydrogen-bond donors (Lipinski definition) is 1. The Kier molecular flexibility index (Phi) is 4.84. The maximum Gasteiger partial charge on any atom is 0.329 e. The number of carbonyl (C=O) groups is 2. The molecule has 2 heterocycles. The van der Waals surface area contributed by atoms with Crippen LogP contribution in [0.3, 0.4) is 0 Å². The molecule has 0 aliphatic heterocycles. The van der Waals surface area contributed by atoms with Crippen LogP contribution in [0.5, 0.6) is 11.8 Å². The number of rotatable bonds is 5. The van der Waals surface area contributed by atoms with Gasteiger partial charge in [-0.05, 0) is 30.4 Å². The van der Waals surface area contributed by atoms with Crippen LogP contribution in [-0.4, -0.2) is 36.9 Å². The highest BCUT2D eigenvalue weighted by atomic mass is 16.6.